The number of hydrogen-bond donors (Lipinski definition) is 2. The summed E-state index contributed by atoms with van der Waals surface area (Å²) in [6, 6.07) is 13.9. The Hall–Kier alpha value is -4.32. The van der Waals surface area contributed by atoms with Crippen LogP contribution in [0, 0.1) is 0 Å². The largest absolute Gasteiger partial charge is 0.463 e. The molecule has 0 aliphatic carbocycles. The number of aromatic nitrogens is 5. The summed E-state index contributed by atoms with van der Waals surface area (Å²) in [4.78, 5) is 28.5. The van der Waals surface area contributed by atoms with Crippen LogP contribution in [0.2, 0.25) is 0 Å². The SMILES string of the molecule is O=C(Cc1cccc(OCF)c1)Nc1ccc(CCCCc2nnc(NC(=O)Cc3cccnc3)s2)nn1. The van der Waals surface area contributed by atoms with Crippen LogP contribution in [-0.4, -0.2) is 44.1 Å². The highest BCUT2D eigenvalue weighted by Gasteiger charge is 2.10. The Morgan fingerprint density at radius 1 is 0.868 bits per heavy atom. The van der Waals surface area contributed by atoms with Crippen LogP contribution in [0.15, 0.2) is 60.9 Å². The zero-order valence-corrected chi connectivity index (χ0v) is 21.3. The normalized spacial score (nSPS) is 10.7. The number of carbonyl (C=O) groups is 2. The van der Waals surface area contributed by atoms with Crippen LogP contribution in [-0.2, 0) is 35.3 Å². The second kappa shape index (κ2) is 13.8. The maximum atomic E-state index is 12.3. The average molecular weight is 536 g/mol. The van der Waals surface area contributed by atoms with Gasteiger partial charge in [-0.05, 0) is 60.7 Å². The number of benzene rings is 1. The standard InChI is InChI=1S/C26H26FN7O3S/c27-17-37-21-8-3-5-18(13-21)14-23(35)29-22-11-10-20(31-32-22)7-1-2-9-25-33-34-26(38-25)30-24(36)15-19-6-4-12-28-16-19/h3-6,8,10-13,16H,1-2,7,9,14-15,17H2,(H,29,32,35)(H,30,34,36). The minimum atomic E-state index is -0.922. The number of amides is 2. The number of pyridine rings is 1. The number of unbranched alkanes of at least 4 members (excludes halogenated alkanes) is 1. The lowest BCUT2D eigenvalue weighted by molar-refractivity contribution is -0.116. The van der Waals surface area contributed by atoms with Crippen molar-refractivity contribution in [2.75, 3.05) is 17.5 Å². The molecule has 2 N–H and O–H groups in total. The van der Waals surface area contributed by atoms with Gasteiger partial charge in [0.25, 0.3) is 0 Å². The maximum absolute atomic E-state index is 12.3. The Labute approximate surface area is 222 Å². The lowest BCUT2D eigenvalue weighted by Gasteiger charge is -2.06. The van der Waals surface area contributed by atoms with E-state index < -0.39 is 6.86 Å². The highest BCUT2D eigenvalue weighted by molar-refractivity contribution is 7.15. The van der Waals surface area contributed by atoms with Gasteiger partial charge in [-0.1, -0.05) is 29.5 Å². The summed E-state index contributed by atoms with van der Waals surface area (Å²) in [6.45, 7) is -0.922. The predicted octanol–water partition coefficient (Wildman–Crippen LogP) is 3.96. The molecule has 0 bridgehead atoms. The fraction of sp³-hybridized carbons (Fsp3) is 0.269. The molecular weight excluding hydrogens is 509 g/mol. The van der Waals surface area contributed by atoms with E-state index in [0.717, 1.165) is 41.9 Å². The molecule has 38 heavy (non-hydrogen) atoms. The molecule has 12 heteroatoms. The van der Waals surface area contributed by atoms with Crippen molar-refractivity contribution in [3.8, 4) is 5.75 Å². The second-order valence-electron chi connectivity index (χ2n) is 8.33. The number of ether oxygens (including phenoxy) is 1. The van der Waals surface area contributed by atoms with Gasteiger partial charge in [0.15, 0.2) is 5.82 Å². The molecule has 0 saturated carbocycles. The molecule has 0 aliphatic heterocycles. The van der Waals surface area contributed by atoms with Gasteiger partial charge < -0.3 is 15.4 Å². The Bertz CT molecular complexity index is 1340. The van der Waals surface area contributed by atoms with Crippen molar-refractivity contribution in [1.29, 1.82) is 0 Å². The number of anilines is 2. The lowest BCUT2D eigenvalue weighted by Crippen LogP contribution is -2.16. The first-order valence-electron chi connectivity index (χ1n) is 12.0. The van der Waals surface area contributed by atoms with E-state index in [4.69, 9.17) is 4.74 Å². The highest BCUT2D eigenvalue weighted by atomic mass is 32.1. The third kappa shape index (κ3) is 8.66. The van der Waals surface area contributed by atoms with Gasteiger partial charge in [-0.15, -0.1) is 15.3 Å². The summed E-state index contributed by atoms with van der Waals surface area (Å²) in [5.41, 5.74) is 2.35. The van der Waals surface area contributed by atoms with Crippen LogP contribution in [0.25, 0.3) is 0 Å². The first-order valence-corrected chi connectivity index (χ1v) is 12.8. The van der Waals surface area contributed by atoms with Crippen molar-refractivity contribution in [1.82, 2.24) is 25.4 Å². The summed E-state index contributed by atoms with van der Waals surface area (Å²) in [5.74, 6) is 0.324. The smallest absolute Gasteiger partial charge is 0.230 e. The van der Waals surface area contributed by atoms with Crippen molar-refractivity contribution in [2.24, 2.45) is 0 Å². The zero-order valence-electron chi connectivity index (χ0n) is 20.5. The number of hydrogen-bond acceptors (Lipinski definition) is 9. The van der Waals surface area contributed by atoms with Crippen LogP contribution in [0.3, 0.4) is 0 Å². The van der Waals surface area contributed by atoms with E-state index in [9.17, 15) is 14.0 Å². The molecular formula is C26H26FN7O3S. The quantitative estimate of drug-likeness (QED) is 0.246. The van der Waals surface area contributed by atoms with Crippen LogP contribution in [0.4, 0.5) is 15.3 Å². The Balaban J connectivity index is 1.15. The van der Waals surface area contributed by atoms with Gasteiger partial charge in [0, 0.05) is 18.8 Å². The molecule has 0 aliphatic rings. The highest BCUT2D eigenvalue weighted by Crippen LogP contribution is 2.18. The number of alkyl halides is 1. The molecule has 2 amide bonds. The van der Waals surface area contributed by atoms with E-state index in [1.54, 1.807) is 48.8 Å². The van der Waals surface area contributed by atoms with Gasteiger partial charge in [0.05, 0.1) is 18.5 Å². The molecule has 1 aromatic carbocycles. The summed E-state index contributed by atoms with van der Waals surface area (Å²) in [7, 11) is 0. The summed E-state index contributed by atoms with van der Waals surface area (Å²) in [6.07, 6.45) is 6.90. The zero-order chi connectivity index (χ0) is 26.6. The molecule has 196 valence electrons. The molecule has 0 spiro atoms. The molecule has 0 atom stereocenters. The van der Waals surface area contributed by atoms with E-state index in [2.05, 4.69) is 36.0 Å². The topological polar surface area (TPSA) is 132 Å². The number of aryl methyl sites for hydroxylation is 2. The molecule has 0 fully saturated rings. The van der Waals surface area contributed by atoms with Crippen molar-refractivity contribution in [3.63, 3.8) is 0 Å². The van der Waals surface area contributed by atoms with Crippen LogP contribution in [0.5, 0.6) is 5.75 Å². The first kappa shape index (κ1) is 26.7. The number of rotatable bonds is 13. The fourth-order valence-electron chi connectivity index (χ4n) is 3.58. The molecule has 4 rings (SSSR count). The Morgan fingerprint density at radius 2 is 1.68 bits per heavy atom. The molecule has 0 saturated heterocycles. The molecule has 0 unspecified atom stereocenters. The van der Waals surface area contributed by atoms with Crippen molar-refractivity contribution < 1.29 is 18.7 Å². The van der Waals surface area contributed by atoms with Gasteiger partial charge >= 0.3 is 0 Å². The number of nitrogens with zero attached hydrogens (tertiary/aromatic N) is 5. The first-order chi connectivity index (χ1) is 18.6. The van der Waals surface area contributed by atoms with E-state index in [1.165, 1.54) is 11.3 Å². The van der Waals surface area contributed by atoms with Gasteiger partial charge in [-0.3, -0.25) is 14.6 Å². The molecule has 3 aromatic heterocycles. The van der Waals surface area contributed by atoms with Crippen LogP contribution < -0.4 is 15.4 Å². The monoisotopic (exact) mass is 535 g/mol. The average Bonchev–Trinajstić information content (AvgIpc) is 3.35. The van der Waals surface area contributed by atoms with Crippen molar-refractivity contribution >= 4 is 34.1 Å². The predicted molar refractivity (Wildman–Crippen MR) is 141 cm³/mol. The fourth-order valence-corrected chi connectivity index (χ4v) is 4.38. The van der Waals surface area contributed by atoms with Gasteiger partial charge in [-0.2, -0.15) is 5.10 Å². The number of nitrogens with one attached hydrogen (secondary N) is 2. The Morgan fingerprint density at radius 3 is 2.47 bits per heavy atom. The molecule has 3 heterocycles. The van der Waals surface area contributed by atoms with Crippen molar-refractivity contribution in [2.45, 2.75) is 38.5 Å². The molecule has 10 nitrogen and oxygen atoms in total. The van der Waals surface area contributed by atoms with E-state index in [0.29, 0.717) is 22.3 Å². The van der Waals surface area contributed by atoms with Crippen molar-refractivity contribution in [3.05, 3.63) is 82.8 Å². The van der Waals surface area contributed by atoms with Gasteiger partial charge in [-0.25, -0.2) is 4.39 Å². The third-order valence-corrected chi connectivity index (χ3v) is 6.24. The molecule has 0 radical (unpaired) electrons. The summed E-state index contributed by atoms with van der Waals surface area (Å²) in [5, 5.41) is 23.3. The number of carbonyl (C=O) groups excluding carboxylic acids is 2. The lowest BCUT2D eigenvalue weighted by atomic mass is 10.1. The van der Waals surface area contributed by atoms with E-state index in [1.807, 2.05) is 12.1 Å². The van der Waals surface area contributed by atoms with Crippen LogP contribution >= 0.6 is 11.3 Å². The minimum Gasteiger partial charge on any atom is -0.463 e. The minimum absolute atomic E-state index is 0.106. The van der Waals surface area contributed by atoms with Crippen LogP contribution in [0.1, 0.15) is 34.7 Å². The summed E-state index contributed by atoms with van der Waals surface area (Å²) >= 11 is 1.37. The summed E-state index contributed by atoms with van der Waals surface area (Å²) < 4.78 is 17.1. The van der Waals surface area contributed by atoms with Gasteiger partial charge in [0.1, 0.15) is 10.8 Å². The second-order valence-corrected chi connectivity index (χ2v) is 9.39. The van der Waals surface area contributed by atoms with E-state index >= 15 is 0 Å². The Kier molecular flexibility index (Phi) is 9.74. The maximum Gasteiger partial charge on any atom is 0.230 e. The van der Waals surface area contributed by atoms with Gasteiger partial charge in [0.2, 0.25) is 23.8 Å². The van der Waals surface area contributed by atoms with E-state index in [-0.39, 0.29) is 24.7 Å². The number of halogens is 1. The molecule has 4 aromatic rings. The third-order valence-electron chi connectivity index (χ3n) is 5.35.